The van der Waals surface area contributed by atoms with Gasteiger partial charge in [-0.05, 0) is 49.3 Å². The van der Waals surface area contributed by atoms with Crippen molar-refractivity contribution in [2.45, 2.75) is 50.8 Å². The number of allylic oxidation sites excluding steroid dienone is 1. The number of nitrogens with one attached hydrogen (secondary N) is 1. The largest absolute Gasteiger partial charge is 0.404 e. The molecule has 6 N–H and O–H groups in total. The molecule has 0 bridgehead atoms. The third-order valence-corrected chi connectivity index (χ3v) is 8.19. The van der Waals surface area contributed by atoms with Gasteiger partial charge in [-0.2, -0.15) is 0 Å². The van der Waals surface area contributed by atoms with Gasteiger partial charge in [0.25, 0.3) is 0 Å². The molecular weight excluding hydrogens is 480 g/mol. The van der Waals surface area contributed by atoms with Gasteiger partial charge >= 0.3 is 0 Å². The topological polar surface area (TPSA) is 139 Å². The summed E-state index contributed by atoms with van der Waals surface area (Å²) in [6.07, 6.45) is 7.98. The first kappa shape index (κ1) is 26.3. The molecule has 5 rings (SSSR count). The molecule has 1 aromatic carbocycles. The fraction of sp³-hybridized carbons (Fsp3) is 0.483. The van der Waals surface area contributed by atoms with Crippen molar-refractivity contribution < 1.29 is 14.6 Å². The molecule has 2 atom stereocenters. The van der Waals surface area contributed by atoms with Crippen LogP contribution in [0.15, 0.2) is 53.8 Å². The molecule has 0 spiro atoms. The number of aromatic nitrogens is 1. The Kier molecular flexibility index (Phi) is 7.02. The molecular formula is C29H38N6O3. The summed E-state index contributed by atoms with van der Waals surface area (Å²) in [5.74, 6) is 0.598. The van der Waals surface area contributed by atoms with Gasteiger partial charge in [0.15, 0.2) is 5.72 Å². The summed E-state index contributed by atoms with van der Waals surface area (Å²) in [6.45, 7) is 6.72. The Morgan fingerprint density at radius 3 is 2.76 bits per heavy atom. The van der Waals surface area contributed by atoms with E-state index in [1.165, 1.54) is 6.20 Å². The van der Waals surface area contributed by atoms with Crippen molar-refractivity contribution in [1.82, 2.24) is 4.98 Å². The summed E-state index contributed by atoms with van der Waals surface area (Å²) in [6, 6.07) is 11.3. The first-order valence-corrected chi connectivity index (χ1v) is 13.3. The normalized spacial score (nSPS) is 26.9. The third-order valence-electron chi connectivity index (χ3n) is 8.19. The fourth-order valence-corrected chi connectivity index (χ4v) is 5.58. The molecule has 1 amide bonds. The Morgan fingerprint density at radius 2 is 2.08 bits per heavy atom. The molecule has 0 radical (unpaired) electrons. The molecule has 202 valence electrons. The highest BCUT2D eigenvalue weighted by Crippen LogP contribution is 2.51. The van der Waals surface area contributed by atoms with E-state index in [2.05, 4.69) is 22.2 Å². The predicted octanol–water partition coefficient (Wildman–Crippen LogP) is 2.70. The smallest absolute Gasteiger partial charge is 0.229 e. The zero-order chi connectivity index (χ0) is 27.0. The second kappa shape index (κ2) is 10.1. The third kappa shape index (κ3) is 5.18. The van der Waals surface area contributed by atoms with Gasteiger partial charge in [0.05, 0.1) is 25.2 Å². The van der Waals surface area contributed by atoms with E-state index >= 15 is 0 Å². The van der Waals surface area contributed by atoms with E-state index in [0.29, 0.717) is 24.8 Å². The van der Waals surface area contributed by atoms with E-state index < -0.39 is 11.3 Å². The van der Waals surface area contributed by atoms with E-state index in [0.717, 1.165) is 54.9 Å². The molecule has 3 fully saturated rings. The van der Waals surface area contributed by atoms with Crippen molar-refractivity contribution in [2.75, 3.05) is 36.5 Å². The summed E-state index contributed by atoms with van der Waals surface area (Å²) >= 11 is 0. The Labute approximate surface area is 224 Å². The minimum absolute atomic E-state index is 0.0940. The number of nitrogens with zero attached hydrogens (tertiary/aromatic N) is 3. The van der Waals surface area contributed by atoms with Crippen LogP contribution in [-0.4, -0.2) is 59.8 Å². The lowest BCUT2D eigenvalue weighted by atomic mass is 9.84. The summed E-state index contributed by atoms with van der Waals surface area (Å²) in [4.78, 5) is 23.7. The summed E-state index contributed by atoms with van der Waals surface area (Å²) in [5, 5.41) is 14.3. The number of hydrogen-bond acceptors (Lipinski definition) is 8. The highest BCUT2D eigenvalue weighted by atomic mass is 16.5. The van der Waals surface area contributed by atoms with Crippen molar-refractivity contribution in [3.8, 4) is 0 Å². The zero-order valence-electron chi connectivity index (χ0n) is 22.2. The van der Waals surface area contributed by atoms with Crippen molar-refractivity contribution in [1.29, 1.82) is 0 Å². The molecule has 2 aromatic rings. The number of anilines is 2. The monoisotopic (exact) mass is 518 g/mol. The number of carbonyl (C=O) groups excluding carboxylic acids is 1. The standard InChI is InChI=1S/C29H38N6O3/c1-27(18-38-19-27)17-32-16-22(15-30)21-5-3-4-20(12-21)13-26(36)34-25-14-24(8-10-33-25)35-11-9-29(31,23-6-7-23)28(35,2)37/h3-5,8,10,12,14-16,23,37H,6-7,9,11,13,17-19,30-31H2,1-2H3,(H,33,34,36)/t28?,29-/m1/s1. The molecule has 3 aliphatic rings. The van der Waals surface area contributed by atoms with E-state index in [-0.39, 0.29) is 17.7 Å². The van der Waals surface area contributed by atoms with E-state index in [9.17, 15) is 9.90 Å². The number of rotatable bonds is 9. The van der Waals surface area contributed by atoms with Crippen LogP contribution in [0.4, 0.5) is 11.5 Å². The van der Waals surface area contributed by atoms with Crippen LogP contribution in [-0.2, 0) is 16.0 Å². The van der Waals surface area contributed by atoms with Gasteiger partial charge in [0.1, 0.15) is 5.82 Å². The molecule has 1 aliphatic carbocycles. The Hall–Kier alpha value is -3.27. The van der Waals surface area contributed by atoms with Gasteiger partial charge in [0, 0.05) is 54.4 Å². The van der Waals surface area contributed by atoms with Crippen LogP contribution in [0.5, 0.6) is 0 Å². The van der Waals surface area contributed by atoms with Crippen LogP contribution in [0.3, 0.4) is 0 Å². The molecule has 9 nitrogen and oxygen atoms in total. The molecule has 1 unspecified atom stereocenters. The van der Waals surface area contributed by atoms with Crippen LogP contribution < -0.4 is 21.7 Å². The van der Waals surface area contributed by atoms with Crippen LogP contribution in [0.1, 0.15) is 44.2 Å². The van der Waals surface area contributed by atoms with Crippen LogP contribution in [0.25, 0.3) is 5.57 Å². The maximum absolute atomic E-state index is 12.9. The number of carbonyl (C=O) groups is 1. The van der Waals surface area contributed by atoms with E-state index in [1.807, 2.05) is 35.2 Å². The molecule has 9 heteroatoms. The molecule has 2 saturated heterocycles. The number of hydrogen-bond donors (Lipinski definition) is 4. The average Bonchev–Trinajstić information content (AvgIpc) is 3.68. The van der Waals surface area contributed by atoms with Crippen LogP contribution >= 0.6 is 0 Å². The predicted molar refractivity (Wildman–Crippen MR) is 150 cm³/mol. The summed E-state index contributed by atoms with van der Waals surface area (Å²) < 4.78 is 5.29. The number of aliphatic imine (C=N–C) groups is 1. The first-order chi connectivity index (χ1) is 18.1. The van der Waals surface area contributed by atoms with Gasteiger partial charge in [-0.25, -0.2) is 4.98 Å². The lowest BCUT2D eigenvalue weighted by Crippen LogP contribution is -2.62. The van der Waals surface area contributed by atoms with Gasteiger partial charge in [-0.15, -0.1) is 0 Å². The van der Waals surface area contributed by atoms with E-state index in [1.54, 1.807) is 25.4 Å². The lowest BCUT2D eigenvalue weighted by Gasteiger charge is -2.42. The molecule has 3 heterocycles. The fourth-order valence-electron chi connectivity index (χ4n) is 5.58. The lowest BCUT2D eigenvalue weighted by molar-refractivity contribution is -0.115. The van der Waals surface area contributed by atoms with Crippen LogP contribution in [0.2, 0.25) is 0 Å². The number of pyridine rings is 1. The maximum atomic E-state index is 12.9. The zero-order valence-corrected chi connectivity index (χ0v) is 22.2. The SMILES string of the molecule is CC1(CN=CC(=CN)c2cccc(CC(=O)Nc3cc(N4CC[C@@](N)(C5CC5)C4(C)O)ccn3)c2)COC1. The second-order valence-electron chi connectivity index (χ2n) is 11.5. The van der Waals surface area contributed by atoms with Gasteiger partial charge in [-0.3, -0.25) is 9.79 Å². The number of aliphatic hydroxyl groups is 1. The van der Waals surface area contributed by atoms with Gasteiger partial charge < -0.3 is 31.5 Å². The van der Waals surface area contributed by atoms with Crippen molar-refractivity contribution >= 4 is 29.2 Å². The van der Waals surface area contributed by atoms with Crippen LogP contribution in [0, 0.1) is 11.3 Å². The molecule has 38 heavy (non-hydrogen) atoms. The summed E-state index contributed by atoms with van der Waals surface area (Å²) in [5.41, 5.74) is 14.2. The number of amides is 1. The highest BCUT2D eigenvalue weighted by Gasteiger charge is 2.60. The number of ether oxygens (including phenoxy) is 1. The average molecular weight is 519 g/mol. The highest BCUT2D eigenvalue weighted by molar-refractivity contribution is 6.09. The Morgan fingerprint density at radius 1 is 1.29 bits per heavy atom. The number of nitrogens with two attached hydrogens (primary N) is 2. The maximum Gasteiger partial charge on any atom is 0.229 e. The van der Waals surface area contributed by atoms with Crippen molar-refractivity contribution in [2.24, 2.45) is 27.8 Å². The Balaban J connectivity index is 1.22. The molecule has 1 aromatic heterocycles. The van der Waals surface area contributed by atoms with Crippen molar-refractivity contribution in [3.63, 3.8) is 0 Å². The minimum Gasteiger partial charge on any atom is -0.404 e. The molecule has 1 saturated carbocycles. The summed E-state index contributed by atoms with van der Waals surface area (Å²) in [7, 11) is 0. The minimum atomic E-state index is -1.17. The second-order valence-corrected chi connectivity index (χ2v) is 11.5. The van der Waals surface area contributed by atoms with Gasteiger partial charge in [-0.1, -0.05) is 31.2 Å². The first-order valence-electron chi connectivity index (χ1n) is 13.3. The Bertz CT molecular complexity index is 1250. The van der Waals surface area contributed by atoms with E-state index in [4.69, 9.17) is 16.2 Å². The number of benzene rings is 1. The quantitative estimate of drug-likeness (QED) is 0.374. The molecule has 2 aliphatic heterocycles. The van der Waals surface area contributed by atoms with Gasteiger partial charge in [0.2, 0.25) is 5.91 Å². The van der Waals surface area contributed by atoms with Crippen molar-refractivity contribution in [3.05, 3.63) is 59.9 Å².